The minimum Gasteiger partial charge on any atom is -0.480 e. The standard InChI is InChI=1S/C14H16N2O/c1-10(2)8-9-13-14(17-3)16-12-7-5-4-6-11(12)15-13/h4-7H,1,8-9H2,2-3H3. The first kappa shape index (κ1) is 11.6. The number of aryl methyl sites for hydroxylation is 1. The SMILES string of the molecule is C=C(C)CCc1nc2ccccc2nc1OC. The van der Waals surface area contributed by atoms with Gasteiger partial charge in [0.15, 0.2) is 0 Å². The van der Waals surface area contributed by atoms with Crippen molar-refractivity contribution in [3.05, 3.63) is 42.1 Å². The lowest BCUT2D eigenvalue weighted by Crippen LogP contribution is -2.00. The molecule has 0 aliphatic heterocycles. The Morgan fingerprint density at radius 3 is 2.47 bits per heavy atom. The molecule has 0 aliphatic carbocycles. The number of rotatable bonds is 4. The lowest BCUT2D eigenvalue weighted by molar-refractivity contribution is 0.391. The summed E-state index contributed by atoms with van der Waals surface area (Å²) in [6.45, 7) is 5.91. The molecule has 2 aromatic rings. The van der Waals surface area contributed by atoms with Crippen molar-refractivity contribution in [1.29, 1.82) is 0 Å². The number of methoxy groups -OCH3 is 1. The summed E-state index contributed by atoms with van der Waals surface area (Å²) in [4.78, 5) is 9.05. The summed E-state index contributed by atoms with van der Waals surface area (Å²) in [5.74, 6) is 0.616. The van der Waals surface area contributed by atoms with Crippen LogP contribution >= 0.6 is 0 Å². The highest BCUT2D eigenvalue weighted by Crippen LogP contribution is 2.20. The molecule has 0 amide bonds. The Labute approximate surface area is 101 Å². The third-order valence-electron chi connectivity index (χ3n) is 2.59. The van der Waals surface area contributed by atoms with Crippen LogP contribution in [0.5, 0.6) is 5.88 Å². The average Bonchev–Trinajstić information content (AvgIpc) is 2.35. The molecular weight excluding hydrogens is 212 g/mol. The quantitative estimate of drug-likeness (QED) is 0.754. The topological polar surface area (TPSA) is 35.0 Å². The van der Waals surface area contributed by atoms with Gasteiger partial charge in [0.2, 0.25) is 5.88 Å². The summed E-state index contributed by atoms with van der Waals surface area (Å²) in [7, 11) is 1.63. The molecule has 88 valence electrons. The highest BCUT2D eigenvalue weighted by molar-refractivity contribution is 5.74. The van der Waals surface area contributed by atoms with E-state index in [0.29, 0.717) is 5.88 Å². The summed E-state index contributed by atoms with van der Waals surface area (Å²) in [6, 6.07) is 7.81. The van der Waals surface area contributed by atoms with Crippen LogP contribution in [-0.4, -0.2) is 17.1 Å². The predicted molar refractivity (Wildman–Crippen MR) is 69.2 cm³/mol. The number of hydrogen-bond acceptors (Lipinski definition) is 3. The van der Waals surface area contributed by atoms with E-state index < -0.39 is 0 Å². The van der Waals surface area contributed by atoms with E-state index in [1.165, 1.54) is 0 Å². The largest absolute Gasteiger partial charge is 0.480 e. The summed E-state index contributed by atoms with van der Waals surface area (Å²) in [6.07, 6.45) is 1.72. The summed E-state index contributed by atoms with van der Waals surface area (Å²) < 4.78 is 5.28. The number of allylic oxidation sites excluding steroid dienone is 1. The Balaban J connectivity index is 2.41. The number of aromatic nitrogens is 2. The van der Waals surface area contributed by atoms with E-state index in [1.807, 2.05) is 31.2 Å². The van der Waals surface area contributed by atoms with Crippen molar-refractivity contribution in [1.82, 2.24) is 9.97 Å². The zero-order valence-corrected chi connectivity index (χ0v) is 10.2. The second-order valence-electron chi connectivity index (χ2n) is 4.13. The van der Waals surface area contributed by atoms with E-state index in [1.54, 1.807) is 7.11 Å². The normalized spacial score (nSPS) is 10.5. The molecule has 0 unspecified atom stereocenters. The highest BCUT2D eigenvalue weighted by Gasteiger charge is 2.08. The highest BCUT2D eigenvalue weighted by atomic mass is 16.5. The zero-order chi connectivity index (χ0) is 12.3. The van der Waals surface area contributed by atoms with E-state index in [2.05, 4.69) is 16.5 Å². The van der Waals surface area contributed by atoms with Gasteiger partial charge in [-0.1, -0.05) is 17.7 Å². The second-order valence-corrected chi connectivity index (χ2v) is 4.13. The lowest BCUT2D eigenvalue weighted by Gasteiger charge is -2.08. The van der Waals surface area contributed by atoms with Crippen LogP contribution in [0, 0.1) is 0 Å². The Morgan fingerprint density at radius 1 is 1.24 bits per heavy atom. The van der Waals surface area contributed by atoms with Gasteiger partial charge in [0.1, 0.15) is 5.69 Å². The minimum atomic E-state index is 0.616. The molecule has 1 heterocycles. The number of ether oxygens (including phenoxy) is 1. The predicted octanol–water partition coefficient (Wildman–Crippen LogP) is 3.15. The maximum absolute atomic E-state index is 5.28. The van der Waals surface area contributed by atoms with E-state index in [-0.39, 0.29) is 0 Å². The molecule has 0 radical (unpaired) electrons. The van der Waals surface area contributed by atoms with Crippen LogP contribution in [0.2, 0.25) is 0 Å². The first-order valence-electron chi connectivity index (χ1n) is 5.64. The molecule has 2 rings (SSSR count). The van der Waals surface area contributed by atoms with Crippen LogP contribution < -0.4 is 4.74 Å². The van der Waals surface area contributed by atoms with Gasteiger partial charge in [-0.25, -0.2) is 9.97 Å². The van der Waals surface area contributed by atoms with Gasteiger partial charge in [-0.15, -0.1) is 6.58 Å². The first-order valence-corrected chi connectivity index (χ1v) is 5.64. The van der Waals surface area contributed by atoms with Crippen molar-refractivity contribution in [2.75, 3.05) is 7.11 Å². The molecule has 0 aliphatic rings. The molecule has 0 saturated heterocycles. The third-order valence-corrected chi connectivity index (χ3v) is 2.59. The molecule has 0 fully saturated rings. The minimum absolute atomic E-state index is 0.616. The third kappa shape index (κ3) is 2.61. The van der Waals surface area contributed by atoms with Crippen LogP contribution in [0.4, 0.5) is 0 Å². The molecule has 0 saturated carbocycles. The maximum Gasteiger partial charge on any atom is 0.235 e. The van der Waals surface area contributed by atoms with Gasteiger partial charge in [0, 0.05) is 0 Å². The van der Waals surface area contributed by atoms with E-state index >= 15 is 0 Å². The number of para-hydroxylation sites is 2. The van der Waals surface area contributed by atoms with Crippen molar-refractivity contribution >= 4 is 11.0 Å². The molecule has 0 atom stereocenters. The van der Waals surface area contributed by atoms with Crippen LogP contribution in [0.15, 0.2) is 36.4 Å². The van der Waals surface area contributed by atoms with Gasteiger partial charge in [0.25, 0.3) is 0 Å². The van der Waals surface area contributed by atoms with Crippen LogP contribution in [-0.2, 0) is 6.42 Å². The summed E-state index contributed by atoms with van der Waals surface area (Å²) in [5, 5.41) is 0. The van der Waals surface area contributed by atoms with Gasteiger partial charge in [0.05, 0.1) is 18.1 Å². The Kier molecular flexibility index (Phi) is 3.38. The first-order chi connectivity index (χ1) is 8.20. The van der Waals surface area contributed by atoms with Gasteiger partial charge in [-0.3, -0.25) is 0 Å². The van der Waals surface area contributed by atoms with Crippen molar-refractivity contribution in [2.24, 2.45) is 0 Å². The monoisotopic (exact) mass is 228 g/mol. The van der Waals surface area contributed by atoms with Crippen LogP contribution in [0.3, 0.4) is 0 Å². The van der Waals surface area contributed by atoms with Gasteiger partial charge in [-0.2, -0.15) is 0 Å². The fourth-order valence-corrected chi connectivity index (χ4v) is 1.68. The molecule has 3 heteroatoms. The van der Waals surface area contributed by atoms with Crippen molar-refractivity contribution in [2.45, 2.75) is 19.8 Å². The van der Waals surface area contributed by atoms with Crippen LogP contribution in [0.1, 0.15) is 19.0 Å². The molecule has 3 nitrogen and oxygen atoms in total. The summed E-state index contributed by atoms with van der Waals surface area (Å²) in [5.41, 5.74) is 3.81. The smallest absolute Gasteiger partial charge is 0.235 e. The van der Waals surface area contributed by atoms with Crippen LogP contribution in [0.25, 0.3) is 11.0 Å². The number of benzene rings is 1. The summed E-state index contributed by atoms with van der Waals surface area (Å²) >= 11 is 0. The molecule has 17 heavy (non-hydrogen) atoms. The Hall–Kier alpha value is -1.90. The van der Waals surface area contributed by atoms with Gasteiger partial charge in [-0.05, 0) is 31.9 Å². The van der Waals surface area contributed by atoms with Gasteiger partial charge >= 0.3 is 0 Å². The molecular formula is C14H16N2O. The van der Waals surface area contributed by atoms with Crippen molar-refractivity contribution in [3.8, 4) is 5.88 Å². The Morgan fingerprint density at radius 2 is 1.88 bits per heavy atom. The number of hydrogen-bond donors (Lipinski definition) is 0. The number of fused-ring (bicyclic) bond motifs is 1. The molecule has 1 aromatic heterocycles. The van der Waals surface area contributed by atoms with Crippen molar-refractivity contribution in [3.63, 3.8) is 0 Å². The average molecular weight is 228 g/mol. The van der Waals surface area contributed by atoms with E-state index in [0.717, 1.165) is 35.1 Å². The van der Waals surface area contributed by atoms with E-state index in [9.17, 15) is 0 Å². The molecule has 0 N–H and O–H groups in total. The van der Waals surface area contributed by atoms with Crippen molar-refractivity contribution < 1.29 is 4.74 Å². The fourth-order valence-electron chi connectivity index (χ4n) is 1.68. The molecule has 0 spiro atoms. The van der Waals surface area contributed by atoms with E-state index in [4.69, 9.17) is 4.74 Å². The Bertz CT molecular complexity index is 549. The zero-order valence-electron chi connectivity index (χ0n) is 10.2. The molecule has 1 aromatic carbocycles. The molecule has 0 bridgehead atoms. The number of nitrogens with zero attached hydrogens (tertiary/aromatic N) is 2. The lowest BCUT2D eigenvalue weighted by atomic mass is 10.1. The van der Waals surface area contributed by atoms with Gasteiger partial charge < -0.3 is 4.74 Å². The fraction of sp³-hybridized carbons (Fsp3) is 0.286. The maximum atomic E-state index is 5.28. The second kappa shape index (κ2) is 4.95.